The van der Waals surface area contributed by atoms with E-state index in [0.29, 0.717) is 17.8 Å². The molecule has 2 aliphatic rings. The second-order valence-electron chi connectivity index (χ2n) is 9.64. The second-order valence-corrected chi connectivity index (χ2v) is 9.64. The first-order valence-corrected chi connectivity index (χ1v) is 12.3. The van der Waals surface area contributed by atoms with E-state index in [1.807, 2.05) is 13.0 Å². The van der Waals surface area contributed by atoms with Crippen LogP contribution in [-0.4, -0.2) is 70.7 Å². The first kappa shape index (κ1) is 25.6. The standard InChI is InChI=1S/C27H33FN4O4/c1-17-14-32(18(2)16-33)26(34)23-12-20(19-6-4-5-7-19)13-29-25(23)36-24(17)15-31(3)27(35)30-22-10-8-21(28)9-11-22/h6,8-13,17-18,24,33H,4-5,7,14-16H2,1-3H3,(H,30,35)/t17-,18+,24-/m0/s1. The molecule has 0 bridgehead atoms. The predicted molar refractivity (Wildman–Crippen MR) is 135 cm³/mol. The summed E-state index contributed by atoms with van der Waals surface area (Å²) in [7, 11) is 1.65. The third-order valence-electron chi connectivity index (χ3n) is 6.83. The van der Waals surface area contributed by atoms with Crippen molar-refractivity contribution < 1.29 is 23.8 Å². The monoisotopic (exact) mass is 496 g/mol. The molecule has 1 aliphatic carbocycles. The van der Waals surface area contributed by atoms with Crippen LogP contribution < -0.4 is 10.1 Å². The Morgan fingerprint density at radius 2 is 2.11 bits per heavy atom. The summed E-state index contributed by atoms with van der Waals surface area (Å²) < 4.78 is 19.5. The number of hydrogen-bond donors (Lipinski definition) is 2. The highest BCUT2D eigenvalue weighted by molar-refractivity contribution is 5.97. The number of allylic oxidation sites excluding steroid dienone is 2. The van der Waals surface area contributed by atoms with Gasteiger partial charge in [-0.25, -0.2) is 14.2 Å². The van der Waals surface area contributed by atoms with Gasteiger partial charge in [0.2, 0.25) is 5.88 Å². The molecule has 192 valence electrons. The molecule has 1 aromatic carbocycles. The lowest BCUT2D eigenvalue weighted by Gasteiger charge is -2.37. The largest absolute Gasteiger partial charge is 0.472 e. The van der Waals surface area contributed by atoms with E-state index in [2.05, 4.69) is 16.4 Å². The van der Waals surface area contributed by atoms with Crippen molar-refractivity contribution in [3.05, 3.63) is 59.5 Å². The number of likely N-dealkylation sites (N-methyl/N-ethyl adjacent to an activating group) is 1. The normalized spacial score (nSPS) is 20.5. The van der Waals surface area contributed by atoms with Gasteiger partial charge >= 0.3 is 6.03 Å². The van der Waals surface area contributed by atoms with Crippen molar-refractivity contribution in [3.8, 4) is 5.88 Å². The van der Waals surface area contributed by atoms with Gasteiger partial charge in [-0.05, 0) is 67.7 Å². The fourth-order valence-electron chi connectivity index (χ4n) is 4.53. The maximum atomic E-state index is 13.5. The molecular formula is C27H33FN4O4. The summed E-state index contributed by atoms with van der Waals surface area (Å²) in [5.41, 5.74) is 2.91. The van der Waals surface area contributed by atoms with Gasteiger partial charge in [-0.2, -0.15) is 0 Å². The van der Waals surface area contributed by atoms with E-state index < -0.39 is 6.10 Å². The molecule has 9 heteroatoms. The van der Waals surface area contributed by atoms with Crippen LogP contribution in [-0.2, 0) is 0 Å². The summed E-state index contributed by atoms with van der Waals surface area (Å²) in [6.07, 6.45) is 6.48. The highest BCUT2D eigenvalue weighted by Gasteiger charge is 2.35. The minimum atomic E-state index is -0.460. The number of nitrogens with one attached hydrogen (secondary N) is 1. The molecule has 0 saturated carbocycles. The molecule has 1 aliphatic heterocycles. The third-order valence-corrected chi connectivity index (χ3v) is 6.83. The lowest BCUT2D eigenvalue weighted by atomic mass is 9.99. The fraction of sp³-hybridized carbons (Fsp3) is 0.444. The van der Waals surface area contributed by atoms with Crippen molar-refractivity contribution >= 4 is 23.2 Å². The molecule has 4 rings (SSSR count). The highest BCUT2D eigenvalue weighted by Crippen LogP contribution is 2.32. The van der Waals surface area contributed by atoms with Crippen molar-refractivity contribution in [1.29, 1.82) is 0 Å². The fourth-order valence-corrected chi connectivity index (χ4v) is 4.53. The lowest BCUT2D eigenvalue weighted by molar-refractivity contribution is 0.0356. The van der Waals surface area contributed by atoms with E-state index in [4.69, 9.17) is 4.74 Å². The summed E-state index contributed by atoms with van der Waals surface area (Å²) in [5.74, 6) is -0.544. The van der Waals surface area contributed by atoms with E-state index in [0.717, 1.165) is 24.8 Å². The minimum Gasteiger partial charge on any atom is -0.472 e. The number of ether oxygens (including phenoxy) is 1. The Kier molecular flexibility index (Phi) is 7.88. The van der Waals surface area contributed by atoms with Crippen LogP contribution in [0.3, 0.4) is 0 Å². The quantitative estimate of drug-likeness (QED) is 0.626. The van der Waals surface area contributed by atoms with Gasteiger partial charge in [0.25, 0.3) is 5.91 Å². The van der Waals surface area contributed by atoms with Crippen LogP contribution in [0.4, 0.5) is 14.9 Å². The summed E-state index contributed by atoms with van der Waals surface area (Å²) in [6.45, 7) is 4.17. The van der Waals surface area contributed by atoms with E-state index >= 15 is 0 Å². The molecule has 36 heavy (non-hydrogen) atoms. The molecule has 0 fully saturated rings. The molecule has 3 atom stereocenters. The van der Waals surface area contributed by atoms with E-state index in [1.54, 1.807) is 25.1 Å². The number of anilines is 1. The number of benzene rings is 1. The number of aromatic nitrogens is 1. The Bertz CT molecular complexity index is 1140. The second kappa shape index (κ2) is 11.1. The van der Waals surface area contributed by atoms with Crippen LogP contribution in [0.1, 0.15) is 49.0 Å². The Labute approximate surface area is 210 Å². The molecule has 0 unspecified atom stereocenters. The Hall–Kier alpha value is -3.46. The number of aliphatic hydroxyl groups excluding tert-OH is 1. The van der Waals surface area contributed by atoms with Crippen LogP contribution in [0.15, 0.2) is 42.6 Å². The first-order chi connectivity index (χ1) is 17.3. The Morgan fingerprint density at radius 3 is 2.78 bits per heavy atom. The van der Waals surface area contributed by atoms with Crippen molar-refractivity contribution in [2.45, 2.75) is 45.3 Å². The minimum absolute atomic E-state index is 0.156. The predicted octanol–water partition coefficient (Wildman–Crippen LogP) is 4.17. The van der Waals surface area contributed by atoms with E-state index in [9.17, 15) is 19.1 Å². The third kappa shape index (κ3) is 5.67. The van der Waals surface area contributed by atoms with Gasteiger partial charge < -0.3 is 25.0 Å². The number of nitrogens with zero attached hydrogens (tertiary/aromatic N) is 3. The molecule has 8 nitrogen and oxygen atoms in total. The number of amides is 3. The topological polar surface area (TPSA) is 95.0 Å². The number of urea groups is 1. The average Bonchev–Trinajstić information content (AvgIpc) is 3.42. The van der Waals surface area contributed by atoms with Crippen molar-refractivity contribution in [1.82, 2.24) is 14.8 Å². The number of rotatable bonds is 6. The van der Waals surface area contributed by atoms with Crippen LogP contribution in [0.25, 0.3) is 5.57 Å². The van der Waals surface area contributed by atoms with Crippen molar-refractivity contribution in [3.63, 3.8) is 0 Å². The zero-order valence-corrected chi connectivity index (χ0v) is 20.9. The zero-order valence-electron chi connectivity index (χ0n) is 20.9. The van der Waals surface area contributed by atoms with Crippen molar-refractivity contribution in [2.24, 2.45) is 5.92 Å². The molecule has 2 N–H and O–H groups in total. The maximum Gasteiger partial charge on any atom is 0.321 e. The van der Waals surface area contributed by atoms with Crippen LogP contribution in [0.5, 0.6) is 5.88 Å². The molecule has 2 aromatic rings. The first-order valence-electron chi connectivity index (χ1n) is 12.3. The lowest BCUT2D eigenvalue weighted by Crippen LogP contribution is -2.50. The van der Waals surface area contributed by atoms with Gasteiger partial charge in [0, 0.05) is 31.4 Å². The Morgan fingerprint density at radius 1 is 1.36 bits per heavy atom. The molecule has 1 aromatic heterocycles. The number of carbonyl (C=O) groups is 2. The number of aliphatic hydroxyl groups is 1. The van der Waals surface area contributed by atoms with Gasteiger partial charge in [0.05, 0.1) is 19.2 Å². The highest BCUT2D eigenvalue weighted by atomic mass is 19.1. The molecule has 2 heterocycles. The number of halogens is 1. The maximum absolute atomic E-state index is 13.5. The summed E-state index contributed by atoms with van der Waals surface area (Å²) in [5, 5.41) is 12.6. The van der Waals surface area contributed by atoms with E-state index in [-0.39, 0.29) is 48.7 Å². The zero-order chi connectivity index (χ0) is 25.8. The summed E-state index contributed by atoms with van der Waals surface area (Å²) in [6, 6.07) is 6.62. The molecule has 0 saturated heterocycles. The van der Waals surface area contributed by atoms with Gasteiger partial charge in [-0.1, -0.05) is 13.0 Å². The van der Waals surface area contributed by atoms with Crippen LogP contribution in [0.2, 0.25) is 0 Å². The Balaban J connectivity index is 1.58. The van der Waals surface area contributed by atoms with Gasteiger partial charge in [-0.15, -0.1) is 0 Å². The number of hydrogen-bond acceptors (Lipinski definition) is 5. The van der Waals surface area contributed by atoms with Gasteiger partial charge in [0.15, 0.2) is 0 Å². The van der Waals surface area contributed by atoms with Crippen LogP contribution >= 0.6 is 0 Å². The molecule has 0 radical (unpaired) electrons. The molecular weight excluding hydrogens is 463 g/mol. The number of pyridine rings is 1. The van der Waals surface area contributed by atoms with Gasteiger partial charge in [0.1, 0.15) is 17.5 Å². The number of carbonyl (C=O) groups excluding carboxylic acids is 2. The summed E-state index contributed by atoms with van der Waals surface area (Å²) in [4.78, 5) is 34.0. The van der Waals surface area contributed by atoms with Crippen LogP contribution in [0, 0.1) is 11.7 Å². The SMILES string of the molecule is C[C@H](CO)N1C[C@H](C)[C@H](CN(C)C(=O)Nc2ccc(F)cc2)Oc2ncc(C3=CCCC3)cc2C1=O. The molecule has 0 spiro atoms. The van der Waals surface area contributed by atoms with Gasteiger partial charge in [-0.3, -0.25) is 4.79 Å². The number of fused-ring (bicyclic) bond motifs is 1. The van der Waals surface area contributed by atoms with E-state index in [1.165, 1.54) is 34.7 Å². The smallest absolute Gasteiger partial charge is 0.321 e. The molecule has 3 amide bonds. The van der Waals surface area contributed by atoms with Crippen molar-refractivity contribution in [2.75, 3.05) is 32.1 Å². The summed E-state index contributed by atoms with van der Waals surface area (Å²) >= 11 is 0. The average molecular weight is 497 g/mol.